The van der Waals surface area contributed by atoms with Gasteiger partial charge in [0.25, 0.3) is 5.91 Å². The lowest BCUT2D eigenvalue weighted by molar-refractivity contribution is 0.0957. The first kappa shape index (κ1) is 14.9. The molecule has 5 heteroatoms. The summed E-state index contributed by atoms with van der Waals surface area (Å²) in [5.41, 5.74) is 0. The van der Waals surface area contributed by atoms with Crippen LogP contribution in [0.5, 0.6) is 0 Å². The lowest BCUT2D eigenvalue weighted by Gasteiger charge is -2.02. The van der Waals surface area contributed by atoms with E-state index in [1.54, 1.807) is 12.1 Å². The second kappa shape index (κ2) is 7.36. The van der Waals surface area contributed by atoms with Crippen molar-refractivity contribution < 1.29 is 14.3 Å². The van der Waals surface area contributed by atoms with Crippen molar-refractivity contribution in [3.63, 3.8) is 0 Å². The third-order valence-corrected chi connectivity index (χ3v) is 4.20. The van der Waals surface area contributed by atoms with E-state index in [-0.39, 0.29) is 18.3 Å². The summed E-state index contributed by atoms with van der Waals surface area (Å²) in [6.45, 7) is 0.834. The van der Waals surface area contributed by atoms with E-state index < -0.39 is 0 Å². The number of nitrogens with one attached hydrogen (secondary N) is 1. The number of amides is 1. The number of halogens is 1. The molecular formula is C15H18FNO2S. The van der Waals surface area contributed by atoms with E-state index in [2.05, 4.69) is 5.32 Å². The van der Waals surface area contributed by atoms with Crippen LogP contribution in [0.4, 0.5) is 4.39 Å². The lowest BCUT2D eigenvalue weighted by Crippen LogP contribution is -2.23. The van der Waals surface area contributed by atoms with E-state index in [4.69, 9.17) is 5.11 Å². The summed E-state index contributed by atoms with van der Waals surface area (Å²) in [5, 5.41) is 12.0. The average molecular weight is 295 g/mol. The molecule has 2 rings (SSSR count). The van der Waals surface area contributed by atoms with Gasteiger partial charge in [0.2, 0.25) is 0 Å². The second-order valence-corrected chi connectivity index (χ2v) is 5.74. The quantitative estimate of drug-likeness (QED) is 0.770. The average Bonchev–Trinajstić information content (AvgIpc) is 2.88. The normalized spacial score (nSPS) is 10.9. The molecule has 0 aliphatic heterocycles. The van der Waals surface area contributed by atoms with E-state index >= 15 is 0 Å². The number of hydrogen-bond donors (Lipinski definition) is 2. The van der Waals surface area contributed by atoms with Crippen molar-refractivity contribution in [1.29, 1.82) is 0 Å². The molecule has 1 heterocycles. The molecule has 0 aliphatic rings. The second-order valence-electron chi connectivity index (χ2n) is 4.66. The number of rotatable bonds is 7. The molecule has 0 atom stereocenters. The van der Waals surface area contributed by atoms with E-state index in [1.807, 2.05) is 6.07 Å². The van der Waals surface area contributed by atoms with Gasteiger partial charge < -0.3 is 10.4 Å². The molecule has 108 valence electrons. The minimum Gasteiger partial charge on any atom is -0.396 e. The number of fused-ring (bicyclic) bond motifs is 1. The van der Waals surface area contributed by atoms with Gasteiger partial charge in [0.1, 0.15) is 5.82 Å². The van der Waals surface area contributed by atoms with Crippen LogP contribution in [-0.2, 0) is 0 Å². The highest BCUT2D eigenvalue weighted by molar-refractivity contribution is 7.20. The zero-order chi connectivity index (χ0) is 14.4. The summed E-state index contributed by atoms with van der Waals surface area (Å²) in [6, 6.07) is 6.47. The van der Waals surface area contributed by atoms with Gasteiger partial charge in [-0.2, -0.15) is 0 Å². The first-order valence-corrected chi connectivity index (χ1v) is 7.61. The number of hydrogen-bond acceptors (Lipinski definition) is 3. The topological polar surface area (TPSA) is 49.3 Å². The van der Waals surface area contributed by atoms with E-state index in [1.165, 1.54) is 17.4 Å². The zero-order valence-corrected chi connectivity index (χ0v) is 12.0. The molecular weight excluding hydrogens is 277 g/mol. The smallest absolute Gasteiger partial charge is 0.261 e. The highest BCUT2D eigenvalue weighted by atomic mass is 32.1. The van der Waals surface area contributed by atoms with Crippen LogP contribution >= 0.6 is 11.3 Å². The van der Waals surface area contributed by atoms with Crippen LogP contribution in [0.1, 0.15) is 35.4 Å². The molecule has 0 unspecified atom stereocenters. The Balaban J connectivity index is 1.86. The molecule has 0 bridgehead atoms. The van der Waals surface area contributed by atoms with E-state index in [0.29, 0.717) is 16.8 Å². The monoisotopic (exact) mass is 295 g/mol. The molecule has 3 nitrogen and oxygen atoms in total. The third kappa shape index (κ3) is 3.77. The molecule has 1 aromatic carbocycles. The summed E-state index contributed by atoms with van der Waals surface area (Å²) < 4.78 is 14.3. The van der Waals surface area contributed by atoms with Gasteiger partial charge in [0, 0.05) is 23.2 Å². The van der Waals surface area contributed by atoms with Crippen LogP contribution in [0.15, 0.2) is 24.3 Å². The SMILES string of the molecule is O=C(NCCCCCCO)c1cc2c(F)cccc2s1. The Morgan fingerprint density at radius 2 is 2.05 bits per heavy atom. The predicted molar refractivity (Wildman–Crippen MR) is 79.7 cm³/mol. The van der Waals surface area contributed by atoms with Gasteiger partial charge in [-0.1, -0.05) is 18.9 Å². The van der Waals surface area contributed by atoms with E-state index in [9.17, 15) is 9.18 Å². The van der Waals surface area contributed by atoms with Crippen LogP contribution in [-0.4, -0.2) is 24.2 Å². The molecule has 0 aliphatic carbocycles. The minimum atomic E-state index is -0.290. The molecule has 1 amide bonds. The van der Waals surface area contributed by atoms with Crippen molar-refractivity contribution in [1.82, 2.24) is 5.32 Å². The van der Waals surface area contributed by atoms with Gasteiger partial charge in [0.05, 0.1) is 4.88 Å². The third-order valence-electron chi connectivity index (χ3n) is 3.10. The van der Waals surface area contributed by atoms with Gasteiger partial charge >= 0.3 is 0 Å². The van der Waals surface area contributed by atoms with Gasteiger partial charge in [-0.3, -0.25) is 4.79 Å². The number of carbonyl (C=O) groups is 1. The summed E-state index contributed by atoms with van der Waals surface area (Å²) in [6.07, 6.45) is 3.66. The fourth-order valence-corrected chi connectivity index (χ4v) is 3.01. The molecule has 2 aromatic rings. The number of aliphatic hydroxyl groups is 1. The van der Waals surface area contributed by atoms with Gasteiger partial charge in [0.15, 0.2) is 0 Å². The Morgan fingerprint density at radius 1 is 1.25 bits per heavy atom. The Kier molecular flexibility index (Phi) is 5.49. The van der Waals surface area contributed by atoms with Crippen LogP contribution in [0.3, 0.4) is 0 Å². The first-order valence-electron chi connectivity index (χ1n) is 6.79. The van der Waals surface area contributed by atoms with Crippen molar-refractivity contribution in [3.8, 4) is 0 Å². The first-order chi connectivity index (χ1) is 9.72. The number of aliphatic hydroxyl groups excluding tert-OH is 1. The molecule has 0 fully saturated rings. The maximum atomic E-state index is 13.5. The Morgan fingerprint density at radius 3 is 2.80 bits per heavy atom. The fraction of sp³-hybridized carbons (Fsp3) is 0.400. The minimum absolute atomic E-state index is 0.146. The Bertz CT molecular complexity index is 582. The van der Waals surface area contributed by atoms with Gasteiger partial charge in [-0.25, -0.2) is 4.39 Å². The molecule has 1 aromatic heterocycles. The highest BCUT2D eigenvalue weighted by Gasteiger charge is 2.11. The zero-order valence-electron chi connectivity index (χ0n) is 11.2. The van der Waals surface area contributed by atoms with Crippen molar-refractivity contribution >= 4 is 27.3 Å². The molecule has 0 spiro atoms. The fourth-order valence-electron chi connectivity index (χ4n) is 2.02. The highest BCUT2D eigenvalue weighted by Crippen LogP contribution is 2.27. The molecule has 0 saturated heterocycles. The maximum absolute atomic E-state index is 13.5. The lowest BCUT2D eigenvalue weighted by atomic mass is 10.2. The van der Waals surface area contributed by atoms with E-state index in [0.717, 1.165) is 30.4 Å². The maximum Gasteiger partial charge on any atom is 0.261 e. The van der Waals surface area contributed by atoms with Gasteiger partial charge in [-0.15, -0.1) is 11.3 Å². The van der Waals surface area contributed by atoms with Crippen molar-refractivity contribution in [2.75, 3.05) is 13.2 Å². The van der Waals surface area contributed by atoms with Crippen molar-refractivity contribution in [2.24, 2.45) is 0 Å². The summed E-state index contributed by atoms with van der Waals surface area (Å²) >= 11 is 1.31. The van der Waals surface area contributed by atoms with Crippen molar-refractivity contribution in [3.05, 3.63) is 35.0 Å². The summed E-state index contributed by atoms with van der Waals surface area (Å²) in [4.78, 5) is 12.5. The van der Waals surface area contributed by atoms with Gasteiger partial charge in [-0.05, 0) is 31.0 Å². The largest absolute Gasteiger partial charge is 0.396 e. The number of thiophene rings is 1. The number of unbranched alkanes of at least 4 members (excludes halogenated alkanes) is 3. The standard InChI is InChI=1S/C15H18FNO2S/c16-12-6-5-7-13-11(12)10-14(20-13)15(19)17-8-3-1-2-4-9-18/h5-7,10,18H,1-4,8-9H2,(H,17,19). The predicted octanol–water partition coefficient (Wildman–Crippen LogP) is 3.32. The number of carbonyl (C=O) groups excluding carboxylic acids is 1. The summed E-state index contributed by atoms with van der Waals surface area (Å²) in [7, 11) is 0. The molecule has 20 heavy (non-hydrogen) atoms. The number of benzene rings is 1. The molecule has 0 radical (unpaired) electrons. The van der Waals surface area contributed by atoms with Crippen LogP contribution in [0.25, 0.3) is 10.1 Å². The van der Waals surface area contributed by atoms with Crippen molar-refractivity contribution in [2.45, 2.75) is 25.7 Å². The Hall–Kier alpha value is -1.46. The van der Waals surface area contributed by atoms with Crippen LogP contribution in [0, 0.1) is 5.82 Å². The van der Waals surface area contributed by atoms with Crippen LogP contribution < -0.4 is 5.32 Å². The Labute approximate surface area is 121 Å². The summed E-state index contributed by atoms with van der Waals surface area (Å²) in [5.74, 6) is -0.436. The molecule has 2 N–H and O–H groups in total. The molecule has 0 saturated carbocycles. The van der Waals surface area contributed by atoms with Crippen LogP contribution in [0.2, 0.25) is 0 Å².